The lowest BCUT2D eigenvalue weighted by Crippen LogP contribution is -2.49. The van der Waals surface area contributed by atoms with Gasteiger partial charge in [-0.25, -0.2) is 4.39 Å². The maximum atomic E-state index is 14.2. The molecule has 0 saturated carbocycles. The van der Waals surface area contributed by atoms with Crippen molar-refractivity contribution in [2.45, 2.75) is 31.4 Å². The van der Waals surface area contributed by atoms with Gasteiger partial charge in [-0.2, -0.15) is 0 Å². The first kappa shape index (κ1) is 25.7. The first-order valence-electron chi connectivity index (χ1n) is 12.4. The number of amides is 2. The van der Waals surface area contributed by atoms with Crippen molar-refractivity contribution in [3.05, 3.63) is 86.8 Å². The minimum atomic E-state index is -0.448. The third kappa shape index (κ3) is 5.98. The zero-order chi connectivity index (χ0) is 25.8. The van der Waals surface area contributed by atoms with Gasteiger partial charge in [0.25, 0.3) is 5.91 Å². The van der Waals surface area contributed by atoms with Crippen LogP contribution < -0.4 is 4.74 Å². The van der Waals surface area contributed by atoms with Crippen LogP contribution >= 0.6 is 22.9 Å². The van der Waals surface area contributed by atoms with Crippen LogP contribution in [0.5, 0.6) is 5.75 Å². The third-order valence-electron chi connectivity index (χ3n) is 6.78. The number of fused-ring (bicyclic) bond motifs is 1. The summed E-state index contributed by atoms with van der Waals surface area (Å²) in [5, 5.41) is 2.46. The van der Waals surface area contributed by atoms with E-state index >= 15 is 0 Å². The van der Waals surface area contributed by atoms with Crippen LogP contribution in [-0.4, -0.2) is 60.6 Å². The molecule has 5 rings (SSSR count). The van der Waals surface area contributed by atoms with Crippen LogP contribution in [0, 0.1) is 5.82 Å². The Hall–Kier alpha value is -2.94. The van der Waals surface area contributed by atoms with Crippen LogP contribution in [-0.2, 0) is 16.0 Å². The van der Waals surface area contributed by atoms with Gasteiger partial charge in [-0.15, -0.1) is 11.3 Å². The maximum Gasteiger partial charge on any atom is 0.254 e. The molecule has 0 spiro atoms. The molecular formula is C28H28ClFN2O4S. The molecule has 0 N–H and O–H groups in total. The molecule has 2 aliphatic heterocycles. The fraction of sp³-hybridized carbons (Fsp3) is 0.357. The predicted octanol–water partition coefficient (Wildman–Crippen LogP) is 5.37. The summed E-state index contributed by atoms with van der Waals surface area (Å²) in [6.07, 6.45) is 2.39. The van der Waals surface area contributed by atoms with E-state index in [1.807, 2.05) is 11.4 Å². The van der Waals surface area contributed by atoms with Crippen molar-refractivity contribution in [2.75, 3.05) is 32.8 Å². The molecule has 2 aromatic carbocycles. The average Bonchev–Trinajstić information content (AvgIpc) is 3.59. The number of ether oxygens (including phenoxy) is 2. The van der Waals surface area contributed by atoms with E-state index in [0.717, 1.165) is 24.8 Å². The molecule has 2 amide bonds. The molecule has 2 atom stereocenters. The molecule has 1 aromatic heterocycles. The standard InChI is InChI=1S/C28H28ClFN2O4S/c29-20-6-3-5-19(15-20)28(34)31(16-21-7-4-13-35-21)17-27(33)32-12-10-26-22(11-14-37-26)24(32)18-36-25-9-2-1-8-23(25)30/h1-3,5-6,8-9,11,14-15,21,24H,4,7,10,12-13,16-18H2. The first-order chi connectivity index (χ1) is 18.0. The van der Waals surface area contributed by atoms with E-state index in [2.05, 4.69) is 0 Å². The molecule has 1 saturated heterocycles. The summed E-state index contributed by atoms with van der Waals surface area (Å²) >= 11 is 7.78. The van der Waals surface area contributed by atoms with Crippen LogP contribution in [0.3, 0.4) is 0 Å². The van der Waals surface area contributed by atoms with E-state index in [-0.39, 0.29) is 42.9 Å². The molecule has 6 nitrogen and oxygen atoms in total. The Balaban J connectivity index is 1.36. The summed E-state index contributed by atoms with van der Waals surface area (Å²) in [4.78, 5) is 31.7. The van der Waals surface area contributed by atoms with Gasteiger partial charge in [-0.05, 0) is 66.6 Å². The smallest absolute Gasteiger partial charge is 0.254 e. The van der Waals surface area contributed by atoms with Crippen molar-refractivity contribution in [3.63, 3.8) is 0 Å². The molecule has 37 heavy (non-hydrogen) atoms. The van der Waals surface area contributed by atoms with Gasteiger partial charge >= 0.3 is 0 Å². The SMILES string of the molecule is O=C(c1cccc(Cl)c1)N(CC(=O)N1CCc2sccc2C1COc1ccccc1F)CC1CCCO1. The number of hydrogen-bond acceptors (Lipinski definition) is 5. The molecule has 0 radical (unpaired) electrons. The number of para-hydroxylation sites is 1. The molecule has 0 aliphatic carbocycles. The number of benzene rings is 2. The zero-order valence-electron chi connectivity index (χ0n) is 20.3. The molecule has 1 fully saturated rings. The Morgan fingerprint density at radius 3 is 2.84 bits per heavy atom. The normalized spacial score (nSPS) is 18.9. The first-order valence-corrected chi connectivity index (χ1v) is 13.6. The highest BCUT2D eigenvalue weighted by Crippen LogP contribution is 2.34. The van der Waals surface area contributed by atoms with E-state index in [9.17, 15) is 14.0 Å². The molecule has 2 unspecified atom stereocenters. The Morgan fingerprint density at radius 2 is 2.05 bits per heavy atom. The Bertz CT molecular complexity index is 1260. The number of carbonyl (C=O) groups excluding carboxylic acids is 2. The van der Waals surface area contributed by atoms with Gasteiger partial charge < -0.3 is 19.3 Å². The monoisotopic (exact) mass is 542 g/mol. The summed E-state index contributed by atoms with van der Waals surface area (Å²) < 4.78 is 25.8. The van der Waals surface area contributed by atoms with Gasteiger partial charge in [0, 0.05) is 35.2 Å². The second kappa shape index (κ2) is 11.6. The maximum absolute atomic E-state index is 14.2. The van der Waals surface area contributed by atoms with Gasteiger partial charge in [-0.1, -0.05) is 29.8 Å². The topological polar surface area (TPSA) is 59.1 Å². The average molecular weight is 543 g/mol. The number of carbonyl (C=O) groups is 2. The summed E-state index contributed by atoms with van der Waals surface area (Å²) in [6, 6.07) is 14.6. The largest absolute Gasteiger partial charge is 0.488 e. The lowest BCUT2D eigenvalue weighted by Gasteiger charge is -2.37. The van der Waals surface area contributed by atoms with Crippen molar-refractivity contribution >= 4 is 34.8 Å². The van der Waals surface area contributed by atoms with Gasteiger partial charge in [0.05, 0.1) is 12.1 Å². The van der Waals surface area contributed by atoms with Gasteiger partial charge in [0.15, 0.2) is 11.6 Å². The van der Waals surface area contributed by atoms with E-state index in [0.29, 0.717) is 30.3 Å². The molecule has 194 valence electrons. The van der Waals surface area contributed by atoms with Crippen molar-refractivity contribution in [3.8, 4) is 5.75 Å². The van der Waals surface area contributed by atoms with Crippen molar-refractivity contribution in [1.29, 1.82) is 0 Å². The summed E-state index contributed by atoms with van der Waals surface area (Å²) in [5.41, 5.74) is 1.43. The molecule has 9 heteroatoms. The molecule has 3 aromatic rings. The molecule has 3 heterocycles. The fourth-order valence-corrected chi connectivity index (χ4v) is 6.04. The van der Waals surface area contributed by atoms with Gasteiger partial charge in [0.2, 0.25) is 5.91 Å². The van der Waals surface area contributed by atoms with Crippen molar-refractivity contribution in [1.82, 2.24) is 9.80 Å². The predicted molar refractivity (Wildman–Crippen MR) is 141 cm³/mol. The molecule has 2 aliphatic rings. The van der Waals surface area contributed by atoms with Gasteiger partial charge in [-0.3, -0.25) is 9.59 Å². The number of nitrogens with zero attached hydrogens (tertiary/aromatic N) is 2. The Morgan fingerprint density at radius 1 is 1.19 bits per heavy atom. The second-order valence-electron chi connectivity index (χ2n) is 9.22. The van der Waals surface area contributed by atoms with Crippen LogP contribution in [0.4, 0.5) is 4.39 Å². The van der Waals surface area contributed by atoms with E-state index in [1.165, 1.54) is 10.9 Å². The highest BCUT2D eigenvalue weighted by atomic mass is 35.5. The van der Waals surface area contributed by atoms with Crippen LogP contribution in [0.2, 0.25) is 5.02 Å². The van der Waals surface area contributed by atoms with E-state index in [4.69, 9.17) is 21.1 Å². The fourth-order valence-electron chi connectivity index (χ4n) is 4.92. The zero-order valence-corrected chi connectivity index (χ0v) is 21.8. The van der Waals surface area contributed by atoms with Crippen LogP contribution in [0.25, 0.3) is 0 Å². The van der Waals surface area contributed by atoms with Crippen molar-refractivity contribution in [2.24, 2.45) is 0 Å². The highest BCUT2D eigenvalue weighted by molar-refractivity contribution is 7.10. The molecule has 0 bridgehead atoms. The summed E-state index contributed by atoms with van der Waals surface area (Å²) in [6.45, 7) is 1.49. The lowest BCUT2D eigenvalue weighted by atomic mass is 10.00. The number of halogens is 2. The third-order valence-corrected chi connectivity index (χ3v) is 8.01. The minimum absolute atomic E-state index is 0.0964. The lowest BCUT2D eigenvalue weighted by molar-refractivity contribution is -0.135. The second-order valence-corrected chi connectivity index (χ2v) is 10.7. The van der Waals surface area contributed by atoms with Crippen molar-refractivity contribution < 1.29 is 23.5 Å². The Labute approximate surface area is 224 Å². The number of thiophene rings is 1. The highest BCUT2D eigenvalue weighted by Gasteiger charge is 2.34. The van der Waals surface area contributed by atoms with Gasteiger partial charge in [0.1, 0.15) is 13.2 Å². The van der Waals surface area contributed by atoms with E-state index in [1.54, 1.807) is 63.6 Å². The Kier molecular flexibility index (Phi) is 8.08. The van der Waals surface area contributed by atoms with Crippen LogP contribution in [0.1, 0.15) is 39.7 Å². The molecular weight excluding hydrogens is 515 g/mol. The minimum Gasteiger partial charge on any atom is -0.488 e. The number of rotatable bonds is 8. The van der Waals surface area contributed by atoms with E-state index < -0.39 is 5.82 Å². The summed E-state index contributed by atoms with van der Waals surface area (Å²) in [5.74, 6) is -0.754. The number of hydrogen-bond donors (Lipinski definition) is 0. The quantitative estimate of drug-likeness (QED) is 0.384. The van der Waals surface area contributed by atoms with Crippen LogP contribution in [0.15, 0.2) is 60.0 Å². The summed E-state index contributed by atoms with van der Waals surface area (Å²) in [7, 11) is 0.